The minimum absolute atomic E-state index is 0.150. The number of nitrogens with zero attached hydrogens (tertiary/aromatic N) is 3. The zero-order valence-corrected chi connectivity index (χ0v) is 16.5. The van der Waals surface area contributed by atoms with Crippen molar-refractivity contribution in [2.45, 2.75) is 6.04 Å². The molecule has 140 valence electrons. The van der Waals surface area contributed by atoms with Crippen LogP contribution in [0.1, 0.15) is 27.8 Å². The fraction of sp³-hybridized carbons (Fsp3) is 0.130. The fourth-order valence-electron chi connectivity index (χ4n) is 3.63. The summed E-state index contributed by atoms with van der Waals surface area (Å²) in [7, 11) is 3.66. The number of aromatic nitrogens is 2. The Kier molecular flexibility index (Phi) is 4.88. The maximum absolute atomic E-state index is 13.5. The van der Waals surface area contributed by atoms with E-state index in [0.717, 1.165) is 22.2 Å². The van der Waals surface area contributed by atoms with Crippen LogP contribution in [0.4, 0.5) is 0 Å². The average molecular weight is 390 g/mol. The van der Waals surface area contributed by atoms with Gasteiger partial charge in [-0.05, 0) is 23.8 Å². The number of para-hydroxylation sites is 1. The number of carbonyl (C=O) groups excluding carboxylic acids is 1. The summed E-state index contributed by atoms with van der Waals surface area (Å²) in [5.74, 6) is -0.150. The average Bonchev–Trinajstić information content (AvgIpc) is 3.00. The van der Waals surface area contributed by atoms with Crippen molar-refractivity contribution in [3.63, 3.8) is 0 Å². The third-order valence-corrected chi connectivity index (χ3v) is 5.42. The van der Waals surface area contributed by atoms with Crippen LogP contribution in [-0.4, -0.2) is 27.4 Å². The van der Waals surface area contributed by atoms with Gasteiger partial charge in [0.25, 0.3) is 5.91 Å². The second-order valence-electron chi connectivity index (χ2n) is 6.72. The van der Waals surface area contributed by atoms with Crippen LogP contribution >= 0.6 is 11.6 Å². The predicted octanol–water partition coefficient (Wildman–Crippen LogP) is 5.09. The minimum atomic E-state index is -0.316. The molecule has 4 nitrogen and oxygen atoms in total. The third kappa shape index (κ3) is 3.06. The molecule has 0 saturated heterocycles. The molecule has 0 fully saturated rings. The number of pyridine rings is 1. The van der Waals surface area contributed by atoms with Gasteiger partial charge in [0.1, 0.15) is 5.69 Å². The number of halogens is 1. The topological polar surface area (TPSA) is 38.1 Å². The van der Waals surface area contributed by atoms with E-state index in [1.54, 1.807) is 18.1 Å². The van der Waals surface area contributed by atoms with Crippen molar-refractivity contribution in [3.05, 3.63) is 101 Å². The van der Waals surface area contributed by atoms with Crippen molar-refractivity contribution >= 4 is 28.4 Å². The Hall–Kier alpha value is -3.11. The zero-order valence-electron chi connectivity index (χ0n) is 15.7. The van der Waals surface area contributed by atoms with Gasteiger partial charge in [-0.1, -0.05) is 66.2 Å². The Morgan fingerprint density at radius 3 is 2.36 bits per heavy atom. The molecule has 0 saturated carbocycles. The quantitative estimate of drug-likeness (QED) is 0.487. The molecule has 2 heterocycles. The zero-order chi connectivity index (χ0) is 19.7. The van der Waals surface area contributed by atoms with Crippen molar-refractivity contribution in [1.82, 2.24) is 14.5 Å². The van der Waals surface area contributed by atoms with E-state index in [2.05, 4.69) is 4.98 Å². The predicted molar refractivity (Wildman–Crippen MR) is 113 cm³/mol. The summed E-state index contributed by atoms with van der Waals surface area (Å²) in [6.07, 6.45) is 1.74. The van der Waals surface area contributed by atoms with Crippen LogP contribution in [0.3, 0.4) is 0 Å². The summed E-state index contributed by atoms with van der Waals surface area (Å²) < 4.78 is 1.86. The van der Waals surface area contributed by atoms with Crippen LogP contribution in [0.5, 0.6) is 0 Å². The van der Waals surface area contributed by atoms with E-state index in [0.29, 0.717) is 10.7 Å². The molecule has 0 aliphatic heterocycles. The maximum atomic E-state index is 13.5. The Bertz CT molecular complexity index is 1040. The highest BCUT2D eigenvalue weighted by Crippen LogP contribution is 2.33. The lowest BCUT2D eigenvalue weighted by Crippen LogP contribution is -2.33. The molecule has 0 aliphatic rings. The van der Waals surface area contributed by atoms with Gasteiger partial charge < -0.3 is 9.47 Å². The molecule has 5 heteroatoms. The van der Waals surface area contributed by atoms with Gasteiger partial charge in [-0.3, -0.25) is 9.78 Å². The van der Waals surface area contributed by atoms with Gasteiger partial charge in [0.05, 0.1) is 16.8 Å². The summed E-state index contributed by atoms with van der Waals surface area (Å²) in [5.41, 5.74) is 3.20. The van der Waals surface area contributed by atoms with E-state index in [4.69, 9.17) is 11.6 Å². The maximum Gasteiger partial charge on any atom is 0.272 e. The largest absolute Gasteiger partial charge is 0.338 e. The Morgan fingerprint density at radius 2 is 1.68 bits per heavy atom. The minimum Gasteiger partial charge on any atom is -0.338 e. The summed E-state index contributed by atoms with van der Waals surface area (Å²) in [4.78, 5) is 19.7. The summed E-state index contributed by atoms with van der Waals surface area (Å²) in [5, 5.41) is 1.35. The molecular weight excluding hydrogens is 370 g/mol. The van der Waals surface area contributed by atoms with Gasteiger partial charge in [0, 0.05) is 31.2 Å². The van der Waals surface area contributed by atoms with E-state index >= 15 is 0 Å². The molecular formula is C23H20ClN3O. The van der Waals surface area contributed by atoms with Crippen LogP contribution in [0.15, 0.2) is 79.0 Å². The molecule has 0 aliphatic carbocycles. The second kappa shape index (κ2) is 7.49. The van der Waals surface area contributed by atoms with Gasteiger partial charge in [0.15, 0.2) is 0 Å². The number of fused-ring (bicyclic) bond motifs is 1. The first-order chi connectivity index (χ1) is 13.6. The molecule has 28 heavy (non-hydrogen) atoms. The van der Waals surface area contributed by atoms with E-state index in [1.807, 2.05) is 84.4 Å². The molecule has 0 spiro atoms. The van der Waals surface area contributed by atoms with Crippen LogP contribution < -0.4 is 0 Å². The van der Waals surface area contributed by atoms with E-state index in [1.165, 1.54) is 0 Å². The van der Waals surface area contributed by atoms with Gasteiger partial charge >= 0.3 is 0 Å². The first-order valence-corrected chi connectivity index (χ1v) is 9.43. The van der Waals surface area contributed by atoms with Gasteiger partial charge in [0.2, 0.25) is 0 Å². The molecule has 2 aromatic heterocycles. The molecule has 0 N–H and O–H groups in total. The smallest absolute Gasteiger partial charge is 0.272 e. The summed E-state index contributed by atoms with van der Waals surface area (Å²) in [6.45, 7) is 0. The van der Waals surface area contributed by atoms with Crippen LogP contribution in [0, 0.1) is 0 Å². The van der Waals surface area contributed by atoms with Crippen molar-refractivity contribution in [2.24, 2.45) is 7.05 Å². The lowest BCUT2D eigenvalue weighted by Gasteiger charge is -2.28. The molecule has 0 radical (unpaired) electrons. The number of hydrogen-bond acceptors (Lipinski definition) is 2. The van der Waals surface area contributed by atoms with Gasteiger partial charge in [-0.2, -0.15) is 0 Å². The number of rotatable bonds is 4. The Morgan fingerprint density at radius 1 is 1.00 bits per heavy atom. The number of amides is 1. The molecule has 4 rings (SSSR count). The van der Waals surface area contributed by atoms with Crippen molar-refractivity contribution in [2.75, 3.05) is 7.05 Å². The fourth-order valence-corrected chi connectivity index (χ4v) is 4.00. The first-order valence-electron chi connectivity index (χ1n) is 9.05. The highest BCUT2D eigenvalue weighted by Gasteiger charge is 2.29. The Labute approximate surface area is 169 Å². The highest BCUT2D eigenvalue weighted by molar-refractivity contribution is 6.38. The van der Waals surface area contributed by atoms with Gasteiger partial charge in [-0.15, -0.1) is 0 Å². The number of hydrogen-bond donors (Lipinski definition) is 0. The van der Waals surface area contributed by atoms with Crippen molar-refractivity contribution < 1.29 is 4.79 Å². The van der Waals surface area contributed by atoms with Crippen LogP contribution in [-0.2, 0) is 7.05 Å². The van der Waals surface area contributed by atoms with Crippen LogP contribution in [0.2, 0.25) is 5.02 Å². The first kappa shape index (κ1) is 18.3. The number of carbonyl (C=O) groups is 1. The molecule has 4 aromatic rings. The van der Waals surface area contributed by atoms with Crippen molar-refractivity contribution in [3.8, 4) is 0 Å². The molecule has 0 bridgehead atoms. The van der Waals surface area contributed by atoms with Gasteiger partial charge in [-0.25, -0.2) is 0 Å². The second-order valence-corrected chi connectivity index (χ2v) is 7.10. The monoisotopic (exact) mass is 389 g/mol. The van der Waals surface area contributed by atoms with E-state index in [9.17, 15) is 4.79 Å². The number of benzene rings is 2. The SMILES string of the molecule is CN(C(=O)c1c(Cl)c2ccccc2n1C)C(c1ccccc1)c1ccccn1. The summed E-state index contributed by atoms with van der Waals surface area (Å²) >= 11 is 6.61. The van der Waals surface area contributed by atoms with Crippen LogP contribution in [0.25, 0.3) is 10.9 Å². The third-order valence-electron chi connectivity index (χ3n) is 5.04. The summed E-state index contributed by atoms with van der Waals surface area (Å²) in [6, 6.07) is 23.1. The van der Waals surface area contributed by atoms with E-state index < -0.39 is 0 Å². The molecule has 2 aromatic carbocycles. The standard InChI is InChI=1S/C23H20ClN3O/c1-26-19-14-7-6-12-17(19)20(24)22(26)23(28)27(2)21(16-10-4-3-5-11-16)18-13-8-9-15-25-18/h3-15,21H,1-2H3. The lowest BCUT2D eigenvalue weighted by molar-refractivity contribution is 0.0743. The van der Waals surface area contributed by atoms with Crippen molar-refractivity contribution in [1.29, 1.82) is 0 Å². The Balaban J connectivity index is 1.82. The normalized spacial score (nSPS) is 12.1. The highest BCUT2D eigenvalue weighted by atomic mass is 35.5. The lowest BCUT2D eigenvalue weighted by atomic mass is 10.0. The molecule has 1 atom stereocenters. The number of aryl methyl sites for hydroxylation is 1. The van der Waals surface area contributed by atoms with E-state index in [-0.39, 0.29) is 11.9 Å². The molecule has 1 unspecified atom stereocenters. The molecule has 1 amide bonds.